The molecule has 0 aliphatic rings. The molecule has 144 valence electrons. The number of nitrogens with zero attached hydrogens (tertiary/aromatic N) is 2. The first-order valence-electron chi connectivity index (χ1n) is 5.78. The Morgan fingerprint density at radius 3 is 0.800 bits per heavy atom. The van der Waals surface area contributed by atoms with Crippen LogP contribution in [0.2, 0.25) is 0 Å². The second-order valence-corrected chi connectivity index (χ2v) is 4.83. The molecule has 2 aromatic rings. The van der Waals surface area contributed by atoms with Gasteiger partial charge in [-0.15, -0.1) is 0 Å². The fourth-order valence-electron chi connectivity index (χ4n) is 0.625. The van der Waals surface area contributed by atoms with Crippen molar-refractivity contribution in [3.63, 3.8) is 0 Å². The van der Waals surface area contributed by atoms with Crippen LogP contribution in [0, 0.1) is 20.5 Å². The lowest BCUT2D eigenvalue weighted by molar-refractivity contribution is -1.92. The molecule has 25 heavy (non-hydrogen) atoms. The Balaban J connectivity index is -0.000000247. The molecular formula is C12H18Cl2N2O9. The summed E-state index contributed by atoms with van der Waals surface area (Å²) in [6.07, 6.45) is 7.00. The van der Waals surface area contributed by atoms with Crippen LogP contribution < -0.4 is 28.0 Å². The standard InChI is InChI=1S/2C5H5N.C2H6O.2ClHO4/c2*1-2-4-6-5-3-1;1-3-2;2*2-1(3,4)5/h2*1-5H;1-2H3;2*(H,2,3,4,5). The summed E-state index contributed by atoms with van der Waals surface area (Å²) in [7, 11) is -6.14. The number of hydrogen-bond donors (Lipinski definition) is 2. The van der Waals surface area contributed by atoms with Crippen molar-refractivity contribution in [2.24, 2.45) is 0 Å². The highest BCUT2D eigenvalue weighted by Crippen LogP contribution is 1.74. The third-order valence-corrected chi connectivity index (χ3v) is 1.13. The van der Waals surface area contributed by atoms with E-state index >= 15 is 0 Å². The van der Waals surface area contributed by atoms with Gasteiger partial charge in [-0.1, -0.05) is 12.1 Å². The number of aromatic nitrogens is 2. The molecule has 0 atom stereocenters. The van der Waals surface area contributed by atoms with Crippen molar-refractivity contribution in [2.45, 2.75) is 0 Å². The molecule has 2 N–H and O–H groups in total. The van der Waals surface area contributed by atoms with Gasteiger partial charge in [0.2, 0.25) is 0 Å². The molecule has 0 fully saturated rings. The predicted octanol–water partition coefficient (Wildman–Crippen LogP) is -5.82. The Morgan fingerprint density at radius 2 is 0.760 bits per heavy atom. The van der Waals surface area contributed by atoms with Gasteiger partial charge in [0.25, 0.3) is 0 Å². The largest absolute Gasteiger partial charge is 0.388 e. The first-order valence-corrected chi connectivity index (χ1v) is 8.31. The topological polar surface area (TPSA) is 214 Å². The second kappa shape index (κ2) is 18.9. The van der Waals surface area contributed by atoms with Gasteiger partial charge < -0.3 is 4.74 Å². The fraction of sp³-hybridized carbons (Fsp3) is 0.167. The minimum Gasteiger partial charge on any atom is -0.388 e. The first-order chi connectivity index (χ1) is 11.4. The van der Waals surface area contributed by atoms with Gasteiger partial charge in [-0.25, -0.2) is 0 Å². The van der Waals surface area contributed by atoms with Gasteiger partial charge >= 0.3 is 0 Å². The molecule has 0 spiro atoms. The molecule has 0 amide bonds. The van der Waals surface area contributed by atoms with E-state index in [2.05, 4.69) is 14.7 Å². The van der Waals surface area contributed by atoms with Gasteiger partial charge in [-0.3, -0.25) is 9.97 Å². The molecule has 2 aromatic heterocycles. The molecule has 2 heterocycles. The summed E-state index contributed by atoms with van der Waals surface area (Å²) in [5.74, 6) is 0. The van der Waals surface area contributed by atoms with Gasteiger partial charge in [0.15, 0.2) is 0 Å². The van der Waals surface area contributed by atoms with Gasteiger partial charge in [-0.2, -0.15) is 28.0 Å². The zero-order valence-corrected chi connectivity index (χ0v) is 14.7. The van der Waals surface area contributed by atoms with Crippen molar-refractivity contribution < 1.29 is 62.5 Å². The average molecular weight is 405 g/mol. The lowest BCUT2D eigenvalue weighted by atomic mass is 10.5. The van der Waals surface area contributed by atoms with Crippen molar-refractivity contribution in [1.29, 1.82) is 0 Å². The van der Waals surface area contributed by atoms with Crippen LogP contribution in [0.5, 0.6) is 0 Å². The number of methoxy groups -OCH3 is 1. The number of ether oxygens (including phenoxy) is 1. The number of hydrogen-bond acceptors (Lipinski definition) is 11. The van der Waals surface area contributed by atoms with E-state index in [1.807, 2.05) is 36.4 Å². The molecule has 0 saturated heterocycles. The lowest BCUT2D eigenvalue weighted by Crippen LogP contribution is -2.58. The molecule has 11 nitrogen and oxygen atoms in total. The summed E-state index contributed by atoms with van der Waals surface area (Å²) in [5, 5.41) is 0. The summed E-state index contributed by atoms with van der Waals surface area (Å²) in [4.78, 5) is 7.57. The van der Waals surface area contributed by atoms with Crippen molar-refractivity contribution in [3.05, 3.63) is 61.2 Å². The number of rotatable bonds is 0. The van der Waals surface area contributed by atoms with Crippen LogP contribution in [0.1, 0.15) is 0 Å². The molecule has 2 rings (SSSR count). The maximum Gasteiger partial charge on any atom is 0.0777 e. The Labute approximate surface area is 148 Å². The third kappa shape index (κ3) is 85.7. The molecule has 0 bridgehead atoms. The molecule has 0 aliphatic carbocycles. The summed E-state index contributed by atoms with van der Waals surface area (Å²) in [6, 6.07) is 11.4. The molecule has 0 saturated carbocycles. The van der Waals surface area contributed by atoms with Crippen LogP contribution in [0.3, 0.4) is 0 Å². The Morgan fingerprint density at radius 1 is 0.600 bits per heavy atom. The highest BCUT2D eigenvalue weighted by Gasteiger charge is 1.99. The van der Waals surface area contributed by atoms with Gasteiger partial charge in [0.05, 0.1) is 29.8 Å². The maximum absolute atomic E-state index is 8.60. The van der Waals surface area contributed by atoms with Crippen LogP contribution >= 0.6 is 0 Å². The van der Waals surface area contributed by atoms with E-state index in [0.29, 0.717) is 0 Å². The van der Waals surface area contributed by atoms with E-state index in [1.54, 1.807) is 39.0 Å². The zero-order chi connectivity index (χ0) is 20.2. The molecule has 0 aromatic carbocycles. The average Bonchev–Trinajstić information content (AvgIpc) is 2.49. The maximum atomic E-state index is 8.60. The van der Waals surface area contributed by atoms with Crippen LogP contribution in [0.4, 0.5) is 0 Å². The SMILES string of the molecule is COC.[O-][Cl+3]([O-])([O-])O.[O-][Cl+3]([O-])([O-])O.c1ccncc1.c1ccncc1. The van der Waals surface area contributed by atoms with E-state index in [0.717, 1.165) is 0 Å². The van der Waals surface area contributed by atoms with Gasteiger partial charge in [0.1, 0.15) is 0 Å². The molecule has 0 radical (unpaired) electrons. The normalized spacial score (nSPS) is 9.36. The van der Waals surface area contributed by atoms with Gasteiger partial charge in [0, 0.05) is 39.0 Å². The Bertz CT molecular complexity index is 347. The van der Waals surface area contributed by atoms with Gasteiger partial charge in [-0.05, 0) is 24.3 Å². The smallest absolute Gasteiger partial charge is 0.0777 e. The van der Waals surface area contributed by atoms with E-state index < -0.39 is 20.5 Å². The predicted molar refractivity (Wildman–Crippen MR) is 65.8 cm³/mol. The first kappa shape index (κ1) is 28.3. The second-order valence-electron chi connectivity index (χ2n) is 3.25. The van der Waals surface area contributed by atoms with Crippen LogP contribution in [0.15, 0.2) is 61.2 Å². The molecule has 0 unspecified atom stereocenters. The lowest BCUT2D eigenvalue weighted by Gasteiger charge is -2.03. The minimum atomic E-state index is -4.69. The Hall–Kier alpha value is -1.48. The van der Waals surface area contributed by atoms with Crippen molar-refractivity contribution in [3.8, 4) is 0 Å². The van der Waals surface area contributed by atoms with E-state index in [-0.39, 0.29) is 0 Å². The quantitative estimate of drug-likeness (QED) is 0.421. The number of pyridine rings is 2. The summed E-state index contributed by atoms with van der Waals surface area (Å²) in [6.45, 7) is 0. The molecular weight excluding hydrogens is 387 g/mol. The fourth-order valence-corrected chi connectivity index (χ4v) is 0.625. The third-order valence-electron chi connectivity index (χ3n) is 1.13. The van der Waals surface area contributed by atoms with Crippen LogP contribution in [-0.2, 0) is 4.74 Å². The van der Waals surface area contributed by atoms with Crippen molar-refractivity contribution >= 4 is 0 Å². The van der Waals surface area contributed by atoms with Crippen LogP contribution in [-0.4, -0.2) is 33.5 Å². The summed E-state index contributed by atoms with van der Waals surface area (Å²) in [5.41, 5.74) is 0. The van der Waals surface area contributed by atoms with Crippen molar-refractivity contribution in [1.82, 2.24) is 9.97 Å². The highest BCUT2D eigenvalue weighted by molar-refractivity contribution is 4.88. The molecule has 13 heteroatoms. The van der Waals surface area contributed by atoms with E-state index in [9.17, 15) is 0 Å². The summed E-state index contributed by atoms with van der Waals surface area (Å²) >= 11 is 0. The number of halogens is 2. The highest BCUT2D eigenvalue weighted by atomic mass is 35.7. The minimum absolute atomic E-state index is 1.62. The van der Waals surface area contributed by atoms with Crippen molar-refractivity contribution in [2.75, 3.05) is 14.2 Å². The van der Waals surface area contributed by atoms with E-state index in [4.69, 9.17) is 37.3 Å². The summed E-state index contributed by atoms with van der Waals surface area (Å²) < 4.78 is 69.7. The monoisotopic (exact) mass is 404 g/mol. The van der Waals surface area contributed by atoms with E-state index in [1.165, 1.54) is 0 Å². The van der Waals surface area contributed by atoms with Crippen LogP contribution in [0.25, 0.3) is 0 Å². The Kier molecular flexibility index (Phi) is 21.4. The zero-order valence-electron chi connectivity index (χ0n) is 13.2. The molecule has 0 aliphatic heterocycles.